The van der Waals surface area contributed by atoms with Gasteiger partial charge in [0, 0.05) is 25.0 Å². The van der Waals surface area contributed by atoms with Crippen LogP contribution in [0.25, 0.3) is 0 Å². The highest BCUT2D eigenvalue weighted by Crippen LogP contribution is 2.13. The summed E-state index contributed by atoms with van der Waals surface area (Å²) in [5, 5.41) is 9.56. The molecular weight excluding hydrogens is 176 g/mol. The predicted octanol–water partition coefficient (Wildman–Crippen LogP) is 1.67. The minimum Gasteiger partial charge on any atom is -0.390 e. The van der Waals surface area contributed by atoms with E-state index in [1.54, 1.807) is 0 Å². The number of hydrogen-bond donors (Lipinski definition) is 2. The summed E-state index contributed by atoms with van der Waals surface area (Å²) >= 11 is 0. The van der Waals surface area contributed by atoms with Crippen molar-refractivity contribution in [3.05, 3.63) is 24.0 Å². The van der Waals surface area contributed by atoms with E-state index in [0.29, 0.717) is 0 Å². The number of nitrogens with two attached hydrogens (primary N) is 1. The highest BCUT2D eigenvalue weighted by Gasteiger charge is 2.12. The zero-order valence-corrected chi connectivity index (χ0v) is 9.20. The third kappa shape index (κ3) is 3.52. The summed E-state index contributed by atoms with van der Waals surface area (Å²) in [4.78, 5) is 0. The summed E-state index contributed by atoms with van der Waals surface area (Å²) in [5.74, 6) is 0. The van der Waals surface area contributed by atoms with Gasteiger partial charge in [0.25, 0.3) is 0 Å². The van der Waals surface area contributed by atoms with Crippen molar-refractivity contribution in [2.75, 3.05) is 0 Å². The number of rotatable bonds is 4. The van der Waals surface area contributed by atoms with Crippen LogP contribution in [-0.2, 0) is 6.54 Å². The van der Waals surface area contributed by atoms with E-state index in [-0.39, 0.29) is 6.04 Å². The van der Waals surface area contributed by atoms with E-state index in [0.717, 1.165) is 18.5 Å². The molecular formula is C11H20N2O. The number of aromatic nitrogens is 1. The molecule has 0 saturated heterocycles. The Labute approximate surface area is 85.5 Å². The Hall–Kier alpha value is -0.800. The predicted molar refractivity (Wildman–Crippen MR) is 57.9 cm³/mol. The third-order valence-corrected chi connectivity index (χ3v) is 2.28. The van der Waals surface area contributed by atoms with E-state index in [1.165, 1.54) is 0 Å². The number of aryl methyl sites for hydroxylation is 1. The van der Waals surface area contributed by atoms with Crippen molar-refractivity contribution >= 4 is 0 Å². The zero-order chi connectivity index (χ0) is 10.8. The molecule has 1 unspecified atom stereocenters. The summed E-state index contributed by atoms with van der Waals surface area (Å²) in [7, 11) is 0. The average molecular weight is 196 g/mol. The first-order valence-corrected chi connectivity index (χ1v) is 5.02. The molecule has 0 radical (unpaired) electrons. The van der Waals surface area contributed by atoms with Crippen LogP contribution >= 0.6 is 0 Å². The van der Waals surface area contributed by atoms with Gasteiger partial charge in [0.2, 0.25) is 0 Å². The molecule has 14 heavy (non-hydrogen) atoms. The van der Waals surface area contributed by atoms with Gasteiger partial charge in [-0.25, -0.2) is 0 Å². The molecule has 80 valence electrons. The van der Waals surface area contributed by atoms with Crippen molar-refractivity contribution in [2.24, 2.45) is 5.73 Å². The molecule has 0 fully saturated rings. The smallest absolute Gasteiger partial charge is 0.0608 e. The SMILES string of the molecule is CC(N)c1ccn(CCC(C)(C)O)c1. The van der Waals surface area contributed by atoms with Crippen molar-refractivity contribution in [1.29, 1.82) is 0 Å². The van der Waals surface area contributed by atoms with Gasteiger partial charge in [-0.3, -0.25) is 0 Å². The quantitative estimate of drug-likeness (QED) is 0.769. The molecule has 0 spiro atoms. The largest absolute Gasteiger partial charge is 0.390 e. The van der Waals surface area contributed by atoms with Crippen LogP contribution in [-0.4, -0.2) is 15.3 Å². The van der Waals surface area contributed by atoms with Crippen molar-refractivity contribution in [1.82, 2.24) is 4.57 Å². The van der Waals surface area contributed by atoms with Gasteiger partial charge < -0.3 is 15.4 Å². The Morgan fingerprint density at radius 1 is 1.57 bits per heavy atom. The highest BCUT2D eigenvalue weighted by molar-refractivity contribution is 5.13. The molecule has 0 aliphatic heterocycles. The van der Waals surface area contributed by atoms with Crippen LogP contribution in [0.4, 0.5) is 0 Å². The second-order valence-corrected chi connectivity index (χ2v) is 4.53. The minimum atomic E-state index is -0.598. The van der Waals surface area contributed by atoms with E-state index in [9.17, 15) is 5.11 Å². The normalized spacial score (nSPS) is 14.4. The maximum absolute atomic E-state index is 9.56. The lowest BCUT2D eigenvalue weighted by molar-refractivity contribution is 0.0662. The lowest BCUT2D eigenvalue weighted by atomic mass is 10.1. The van der Waals surface area contributed by atoms with Gasteiger partial charge in [0.05, 0.1) is 5.60 Å². The van der Waals surface area contributed by atoms with Crippen molar-refractivity contribution in [2.45, 2.75) is 45.4 Å². The Morgan fingerprint density at radius 3 is 2.64 bits per heavy atom. The number of aliphatic hydroxyl groups is 1. The van der Waals surface area contributed by atoms with Crippen LogP contribution in [0.3, 0.4) is 0 Å². The summed E-state index contributed by atoms with van der Waals surface area (Å²) in [6.07, 6.45) is 4.79. The molecule has 1 rings (SSSR count). The Bertz CT molecular complexity index is 284. The van der Waals surface area contributed by atoms with Gasteiger partial charge in [-0.15, -0.1) is 0 Å². The molecule has 3 N–H and O–H groups in total. The summed E-state index contributed by atoms with van der Waals surface area (Å²) in [6.45, 7) is 6.44. The molecule has 0 saturated carbocycles. The topological polar surface area (TPSA) is 51.2 Å². The van der Waals surface area contributed by atoms with Crippen LogP contribution in [0.2, 0.25) is 0 Å². The molecule has 1 aromatic heterocycles. The van der Waals surface area contributed by atoms with E-state index < -0.39 is 5.60 Å². The molecule has 0 aliphatic rings. The van der Waals surface area contributed by atoms with Crippen LogP contribution in [0.1, 0.15) is 38.8 Å². The molecule has 1 aromatic rings. The van der Waals surface area contributed by atoms with Gasteiger partial charge in [-0.2, -0.15) is 0 Å². The standard InChI is InChI=1S/C11H20N2O/c1-9(12)10-4-6-13(8-10)7-5-11(2,3)14/h4,6,8-9,14H,5,7,12H2,1-3H3. The van der Waals surface area contributed by atoms with Gasteiger partial charge in [-0.1, -0.05) is 0 Å². The van der Waals surface area contributed by atoms with E-state index in [4.69, 9.17) is 5.73 Å². The fourth-order valence-corrected chi connectivity index (χ4v) is 1.27. The molecule has 0 bridgehead atoms. The Morgan fingerprint density at radius 2 is 2.21 bits per heavy atom. The number of hydrogen-bond acceptors (Lipinski definition) is 2. The second kappa shape index (κ2) is 4.15. The number of nitrogens with zero attached hydrogens (tertiary/aromatic N) is 1. The first-order valence-electron chi connectivity index (χ1n) is 5.02. The third-order valence-electron chi connectivity index (χ3n) is 2.28. The van der Waals surface area contributed by atoms with Gasteiger partial charge in [0.1, 0.15) is 0 Å². The maximum Gasteiger partial charge on any atom is 0.0608 e. The van der Waals surface area contributed by atoms with Gasteiger partial charge in [0.15, 0.2) is 0 Å². The molecule has 1 heterocycles. The summed E-state index contributed by atoms with van der Waals surface area (Å²) in [5.41, 5.74) is 6.29. The van der Waals surface area contributed by atoms with Crippen LogP contribution < -0.4 is 5.73 Å². The molecule has 3 nitrogen and oxygen atoms in total. The van der Waals surface area contributed by atoms with Crippen LogP contribution in [0, 0.1) is 0 Å². The van der Waals surface area contributed by atoms with E-state index in [2.05, 4.69) is 4.57 Å². The van der Waals surface area contributed by atoms with E-state index >= 15 is 0 Å². The molecule has 0 aliphatic carbocycles. The van der Waals surface area contributed by atoms with Gasteiger partial charge >= 0.3 is 0 Å². The molecule has 3 heteroatoms. The second-order valence-electron chi connectivity index (χ2n) is 4.53. The fourth-order valence-electron chi connectivity index (χ4n) is 1.27. The van der Waals surface area contributed by atoms with Crippen molar-refractivity contribution in [3.63, 3.8) is 0 Å². The Balaban J connectivity index is 2.52. The lowest BCUT2D eigenvalue weighted by Crippen LogP contribution is -2.20. The highest BCUT2D eigenvalue weighted by atomic mass is 16.3. The first kappa shape index (κ1) is 11.3. The summed E-state index contributed by atoms with van der Waals surface area (Å²) in [6, 6.07) is 2.10. The van der Waals surface area contributed by atoms with Crippen molar-refractivity contribution in [3.8, 4) is 0 Å². The monoisotopic (exact) mass is 196 g/mol. The first-order chi connectivity index (χ1) is 6.38. The van der Waals surface area contributed by atoms with Crippen molar-refractivity contribution < 1.29 is 5.11 Å². The average Bonchev–Trinajstić information content (AvgIpc) is 2.47. The minimum absolute atomic E-state index is 0.0818. The van der Waals surface area contributed by atoms with Crippen LogP contribution in [0.15, 0.2) is 18.5 Å². The van der Waals surface area contributed by atoms with Gasteiger partial charge in [-0.05, 0) is 38.8 Å². The van der Waals surface area contributed by atoms with E-state index in [1.807, 2.05) is 39.2 Å². The zero-order valence-electron chi connectivity index (χ0n) is 9.20. The van der Waals surface area contributed by atoms with Crippen LogP contribution in [0.5, 0.6) is 0 Å². The fraction of sp³-hybridized carbons (Fsp3) is 0.636. The molecule has 0 amide bonds. The Kier molecular flexibility index (Phi) is 3.34. The molecule has 0 aromatic carbocycles. The molecule has 1 atom stereocenters. The lowest BCUT2D eigenvalue weighted by Gasteiger charge is -2.16. The maximum atomic E-state index is 9.56. The summed E-state index contributed by atoms with van der Waals surface area (Å²) < 4.78 is 2.07.